The minimum Gasteiger partial charge on any atom is -0.378 e. The van der Waals surface area contributed by atoms with Crippen molar-refractivity contribution >= 4 is 19.2 Å². The van der Waals surface area contributed by atoms with Gasteiger partial charge in [0.15, 0.2) is 0 Å². The van der Waals surface area contributed by atoms with E-state index < -0.39 is 8.07 Å². The maximum atomic E-state index is 12.2. The molecule has 0 aromatic heterocycles. The van der Waals surface area contributed by atoms with Crippen LogP contribution in [0.4, 0.5) is 0 Å². The molecule has 104 valence electrons. The van der Waals surface area contributed by atoms with E-state index in [9.17, 15) is 4.79 Å². The molecule has 1 aromatic carbocycles. The van der Waals surface area contributed by atoms with Crippen molar-refractivity contribution in [3.63, 3.8) is 0 Å². The molecule has 1 aliphatic rings. The van der Waals surface area contributed by atoms with Gasteiger partial charge in [-0.2, -0.15) is 0 Å². The maximum Gasteiger partial charge on any atom is 0.225 e. The van der Waals surface area contributed by atoms with E-state index in [2.05, 4.69) is 42.7 Å². The first-order chi connectivity index (χ1) is 9.00. The van der Waals surface area contributed by atoms with Gasteiger partial charge in [0.25, 0.3) is 0 Å². The molecule has 19 heavy (non-hydrogen) atoms. The first kappa shape index (κ1) is 14.3. The Balaban J connectivity index is 1.93. The van der Waals surface area contributed by atoms with Gasteiger partial charge in [-0.15, -0.1) is 0 Å². The molecule has 2 atom stereocenters. The molecule has 1 fully saturated rings. The molecule has 1 aliphatic heterocycles. The fourth-order valence-corrected chi connectivity index (χ4v) is 4.42. The van der Waals surface area contributed by atoms with Crippen molar-refractivity contribution < 1.29 is 9.53 Å². The van der Waals surface area contributed by atoms with Crippen LogP contribution in [0.1, 0.15) is 13.3 Å². The zero-order chi connectivity index (χ0) is 13.9. The number of carbonyl (C=O) groups is 1. The van der Waals surface area contributed by atoms with Crippen molar-refractivity contribution in [2.24, 2.45) is 5.92 Å². The number of rotatable bonds is 4. The van der Waals surface area contributed by atoms with Crippen LogP contribution < -0.4 is 10.5 Å². The van der Waals surface area contributed by atoms with Gasteiger partial charge in [-0.05, 0) is 13.3 Å². The lowest BCUT2D eigenvalue weighted by atomic mass is 10.0. The lowest BCUT2D eigenvalue weighted by molar-refractivity contribution is -0.126. The third-order valence-corrected chi connectivity index (χ3v) is 6.93. The summed E-state index contributed by atoms with van der Waals surface area (Å²) in [5.74, 6) is 0.182. The molecule has 4 heteroatoms. The van der Waals surface area contributed by atoms with E-state index in [1.54, 1.807) is 0 Å². The molecular weight excluding hydrogens is 254 g/mol. The summed E-state index contributed by atoms with van der Waals surface area (Å²) in [4.78, 5) is 12.2. The Morgan fingerprint density at radius 2 is 2.05 bits per heavy atom. The summed E-state index contributed by atoms with van der Waals surface area (Å²) >= 11 is 0. The number of hydrogen-bond donors (Lipinski definition) is 1. The Kier molecular flexibility index (Phi) is 4.42. The molecule has 0 unspecified atom stereocenters. The van der Waals surface area contributed by atoms with Crippen LogP contribution in [-0.2, 0) is 9.53 Å². The van der Waals surface area contributed by atoms with Crippen LogP contribution in [0.5, 0.6) is 0 Å². The predicted octanol–water partition coefficient (Wildman–Crippen LogP) is 1.68. The Morgan fingerprint density at radius 3 is 2.63 bits per heavy atom. The van der Waals surface area contributed by atoms with Crippen LogP contribution in [0.15, 0.2) is 30.3 Å². The normalized spacial score (nSPS) is 23.3. The largest absolute Gasteiger partial charge is 0.378 e. The van der Waals surface area contributed by atoms with Gasteiger partial charge in [-0.3, -0.25) is 4.79 Å². The molecule has 2 rings (SSSR count). The first-order valence-electron chi connectivity index (χ1n) is 6.95. The van der Waals surface area contributed by atoms with E-state index in [0.29, 0.717) is 6.61 Å². The molecular formula is C15H23NO2Si. The summed E-state index contributed by atoms with van der Waals surface area (Å²) in [7, 11) is -1.59. The first-order valence-corrected chi connectivity index (χ1v) is 10.2. The van der Waals surface area contributed by atoms with Gasteiger partial charge < -0.3 is 10.1 Å². The van der Waals surface area contributed by atoms with E-state index in [1.807, 2.05) is 13.0 Å². The molecule has 1 amide bonds. The number of nitrogens with one attached hydrogen (secondary N) is 1. The molecule has 1 aromatic rings. The van der Waals surface area contributed by atoms with Crippen LogP contribution >= 0.6 is 0 Å². The summed E-state index contributed by atoms with van der Waals surface area (Å²) in [5, 5.41) is 4.52. The van der Waals surface area contributed by atoms with Gasteiger partial charge in [0.05, 0.1) is 12.0 Å². The minimum atomic E-state index is -1.59. The smallest absolute Gasteiger partial charge is 0.225 e. The van der Waals surface area contributed by atoms with Crippen LogP contribution in [0.3, 0.4) is 0 Å². The number of amides is 1. The average Bonchev–Trinajstić information content (AvgIpc) is 2.83. The van der Waals surface area contributed by atoms with E-state index >= 15 is 0 Å². The quantitative estimate of drug-likeness (QED) is 0.851. The van der Waals surface area contributed by atoms with Crippen molar-refractivity contribution in [1.29, 1.82) is 0 Å². The van der Waals surface area contributed by atoms with Crippen LogP contribution in [0.2, 0.25) is 13.1 Å². The van der Waals surface area contributed by atoms with Crippen molar-refractivity contribution in [2.75, 3.05) is 12.8 Å². The maximum absolute atomic E-state index is 12.2. The molecule has 3 nitrogen and oxygen atoms in total. The molecule has 1 heterocycles. The Bertz CT molecular complexity index is 433. The SMILES string of the molecule is C[C@H]1OCC[C@H]1C(=O)NC[Si](C)(C)c1ccccc1. The number of ether oxygens (including phenoxy) is 1. The number of carbonyl (C=O) groups excluding carboxylic acids is 1. The highest BCUT2D eigenvalue weighted by molar-refractivity contribution is 6.90. The highest BCUT2D eigenvalue weighted by atomic mass is 28.3. The molecule has 0 spiro atoms. The number of hydrogen-bond acceptors (Lipinski definition) is 2. The second kappa shape index (κ2) is 5.88. The molecule has 0 bridgehead atoms. The summed E-state index contributed by atoms with van der Waals surface area (Å²) in [6, 6.07) is 10.5. The monoisotopic (exact) mass is 277 g/mol. The molecule has 1 saturated heterocycles. The van der Waals surface area contributed by atoms with E-state index in [4.69, 9.17) is 4.74 Å². The fourth-order valence-electron chi connectivity index (χ4n) is 2.51. The fraction of sp³-hybridized carbons (Fsp3) is 0.533. The third-order valence-electron chi connectivity index (χ3n) is 3.97. The third kappa shape index (κ3) is 3.45. The summed E-state index contributed by atoms with van der Waals surface area (Å²) in [6.45, 7) is 7.27. The zero-order valence-corrected chi connectivity index (χ0v) is 13.0. The summed E-state index contributed by atoms with van der Waals surface area (Å²) in [5.41, 5.74) is 0. The Hall–Kier alpha value is -1.13. The van der Waals surface area contributed by atoms with Crippen LogP contribution in [-0.4, -0.2) is 32.9 Å². The van der Waals surface area contributed by atoms with Gasteiger partial charge in [0.1, 0.15) is 8.07 Å². The summed E-state index contributed by atoms with van der Waals surface area (Å²) < 4.78 is 5.45. The minimum absolute atomic E-state index is 0.0283. The van der Waals surface area contributed by atoms with Crippen molar-refractivity contribution in [2.45, 2.75) is 32.5 Å². The number of benzene rings is 1. The molecule has 0 saturated carbocycles. The van der Waals surface area contributed by atoms with E-state index in [-0.39, 0.29) is 17.9 Å². The second-order valence-corrected chi connectivity index (χ2v) is 10.6. The predicted molar refractivity (Wildman–Crippen MR) is 80.1 cm³/mol. The van der Waals surface area contributed by atoms with Gasteiger partial charge in [-0.25, -0.2) is 0 Å². The second-order valence-electron chi connectivity index (χ2n) is 5.94. The van der Waals surface area contributed by atoms with Gasteiger partial charge >= 0.3 is 0 Å². The Morgan fingerprint density at radius 1 is 1.37 bits per heavy atom. The zero-order valence-electron chi connectivity index (χ0n) is 12.0. The van der Waals surface area contributed by atoms with Crippen molar-refractivity contribution in [1.82, 2.24) is 5.32 Å². The lowest BCUT2D eigenvalue weighted by Crippen LogP contribution is -2.53. The molecule has 1 N–H and O–H groups in total. The van der Waals surface area contributed by atoms with Gasteiger partial charge in [0.2, 0.25) is 5.91 Å². The van der Waals surface area contributed by atoms with Crippen LogP contribution in [0, 0.1) is 5.92 Å². The van der Waals surface area contributed by atoms with Crippen molar-refractivity contribution in [3.05, 3.63) is 30.3 Å². The topological polar surface area (TPSA) is 38.3 Å². The summed E-state index contributed by atoms with van der Waals surface area (Å²) in [6.07, 6.45) is 1.70. The van der Waals surface area contributed by atoms with Crippen molar-refractivity contribution in [3.8, 4) is 0 Å². The molecule has 0 aliphatic carbocycles. The molecule has 0 radical (unpaired) electrons. The van der Waals surface area contributed by atoms with Gasteiger partial charge in [-0.1, -0.05) is 48.6 Å². The van der Waals surface area contributed by atoms with E-state index in [0.717, 1.165) is 12.6 Å². The lowest BCUT2D eigenvalue weighted by Gasteiger charge is -2.24. The Labute approximate surface area is 116 Å². The average molecular weight is 277 g/mol. The highest BCUT2D eigenvalue weighted by Crippen LogP contribution is 2.20. The van der Waals surface area contributed by atoms with E-state index in [1.165, 1.54) is 5.19 Å². The van der Waals surface area contributed by atoms with Gasteiger partial charge in [0, 0.05) is 12.8 Å². The highest BCUT2D eigenvalue weighted by Gasteiger charge is 2.32. The van der Waals surface area contributed by atoms with Crippen LogP contribution in [0.25, 0.3) is 0 Å². The standard InChI is InChI=1S/C15H23NO2Si/c1-12-14(9-10-18-12)15(17)16-11-19(2,3)13-7-5-4-6-8-13/h4-8,12,14H,9-11H2,1-3H3,(H,16,17)/t12-,14-/m1/s1.